The van der Waals surface area contributed by atoms with Crippen LogP contribution >= 0.6 is 0 Å². The quantitative estimate of drug-likeness (QED) is 0.709. The Bertz CT molecular complexity index is 518. The molecule has 5 N–H and O–H groups in total. The standard InChI is InChI=1S/C12H16N4O3/c13-9-5-15-10(4-8(9)12(18)19)16-3-1-2-7(6-16)11(14)17/h4-5,7H,1-3,6,13H2,(H2,14,17)(H,18,19). The van der Waals surface area contributed by atoms with E-state index < -0.39 is 5.97 Å². The van der Waals surface area contributed by atoms with Crippen molar-refractivity contribution in [2.45, 2.75) is 12.8 Å². The number of primary amides is 1. The maximum Gasteiger partial charge on any atom is 0.337 e. The van der Waals surface area contributed by atoms with Crippen LogP contribution in [0.25, 0.3) is 0 Å². The molecule has 0 spiro atoms. The van der Waals surface area contributed by atoms with Crippen molar-refractivity contribution >= 4 is 23.4 Å². The second-order valence-corrected chi connectivity index (χ2v) is 4.62. The fourth-order valence-corrected chi connectivity index (χ4v) is 2.23. The molecule has 1 aliphatic rings. The normalized spacial score (nSPS) is 19.2. The van der Waals surface area contributed by atoms with Crippen LogP contribution in [0.3, 0.4) is 0 Å². The third-order valence-corrected chi connectivity index (χ3v) is 3.30. The third-order valence-electron chi connectivity index (χ3n) is 3.30. The monoisotopic (exact) mass is 264 g/mol. The molecule has 7 heteroatoms. The Hall–Kier alpha value is -2.31. The Morgan fingerprint density at radius 2 is 2.21 bits per heavy atom. The number of aromatic carboxylic acids is 1. The predicted octanol–water partition coefficient (Wildman–Crippen LogP) is 0.0637. The number of aromatic nitrogens is 1. The zero-order chi connectivity index (χ0) is 14.0. The molecule has 0 aromatic carbocycles. The number of nitrogens with zero attached hydrogens (tertiary/aromatic N) is 2. The minimum Gasteiger partial charge on any atom is -0.478 e. The SMILES string of the molecule is NC(=O)C1CCCN(c2cc(C(=O)O)c(N)cn2)C1. The zero-order valence-electron chi connectivity index (χ0n) is 10.4. The van der Waals surface area contributed by atoms with Gasteiger partial charge in [-0.2, -0.15) is 0 Å². The first kappa shape index (κ1) is 13.1. The van der Waals surface area contributed by atoms with Gasteiger partial charge in [0.25, 0.3) is 0 Å². The Kier molecular flexibility index (Phi) is 3.55. The first-order valence-corrected chi connectivity index (χ1v) is 6.02. The van der Waals surface area contributed by atoms with E-state index in [0.717, 1.165) is 19.4 Å². The molecule has 1 aromatic heterocycles. The number of carbonyl (C=O) groups is 2. The number of amides is 1. The van der Waals surface area contributed by atoms with E-state index in [-0.39, 0.29) is 23.1 Å². The number of pyridine rings is 1. The molecule has 0 bridgehead atoms. The number of carboxylic acid groups (broad SMARTS) is 1. The molecule has 0 saturated carbocycles. The molecule has 1 aliphatic heterocycles. The number of nitrogen functional groups attached to an aromatic ring is 1. The van der Waals surface area contributed by atoms with Gasteiger partial charge in [-0.3, -0.25) is 4.79 Å². The van der Waals surface area contributed by atoms with Gasteiger partial charge in [-0.1, -0.05) is 0 Å². The first-order chi connectivity index (χ1) is 8.99. The van der Waals surface area contributed by atoms with Gasteiger partial charge in [0.2, 0.25) is 5.91 Å². The maximum absolute atomic E-state index is 11.2. The molecule has 7 nitrogen and oxygen atoms in total. The van der Waals surface area contributed by atoms with Crippen molar-refractivity contribution in [2.75, 3.05) is 23.7 Å². The smallest absolute Gasteiger partial charge is 0.337 e. The molecule has 1 amide bonds. The molecule has 1 fully saturated rings. The van der Waals surface area contributed by atoms with Gasteiger partial charge >= 0.3 is 5.97 Å². The number of anilines is 2. The third kappa shape index (κ3) is 2.75. The van der Waals surface area contributed by atoms with Crippen molar-refractivity contribution in [1.29, 1.82) is 0 Å². The van der Waals surface area contributed by atoms with Crippen LogP contribution in [-0.4, -0.2) is 35.1 Å². The lowest BCUT2D eigenvalue weighted by atomic mass is 9.97. The Labute approximate surface area is 110 Å². The molecule has 19 heavy (non-hydrogen) atoms. The summed E-state index contributed by atoms with van der Waals surface area (Å²) in [4.78, 5) is 28.2. The minimum absolute atomic E-state index is 0.0196. The second kappa shape index (κ2) is 5.13. The number of carboxylic acids is 1. The van der Waals surface area contributed by atoms with Crippen LogP contribution in [0.1, 0.15) is 23.2 Å². The number of hydrogen-bond acceptors (Lipinski definition) is 5. The highest BCUT2D eigenvalue weighted by molar-refractivity contribution is 5.94. The molecule has 2 heterocycles. The number of rotatable bonds is 3. The summed E-state index contributed by atoms with van der Waals surface area (Å²) in [5.74, 6) is -1.14. The summed E-state index contributed by atoms with van der Waals surface area (Å²) in [6, 6.07) is 1.43. The van der Waals surface area contributed by atoms with E-state index in [1.165, 1.54) is 12.3 Å². The largest absolute Gasteiger partial charge is 0.478 e. The summed E-state index contributed by atoms with van der Waals surface area (Å²) < 4.78 is 0. The van der Waals surface area contributed by atoms with Gasteiger partial charge in [-0.25, -0.2) is 9.78 Å². The topological polar surface area (TPSA) is 123 Å². The predicted molar refractivity (Wildman–Crippen MR) is 69.7 cm³/mol. The van der Waals surface area contributed by atoms with Gasteiger partial charge in [0, 0.05) is 13.1 Å². The Morgan fingerprint density at radius 1 is 1.47 bits per heavy atom. The van der Waals surface area contributed by atoms with E-state index in [2.05, 4.69) is 4.98 Å². The van der Waals surface area contributed by atoms with Crippen molar-refractivity contribution < 1.29 is 14.7 Å². The van der Waals surface area contributed by atoms with Crippen LogP contribution in [-0.2, 0) is 4.79 Å². The van der Waals surface area contributed by atoms with Crippen molar-refractivity contribution in [3.8, 4) is 0 Å². The van der Waals surface area contributed by atoms with E-state index in [0.29, 0.717) is 12.4 Å². The number of hydrogen-bond donors (Lipinski definition) is 3. The Balaban J connectivity index is 2.24. The summed E-state index contributed by atoms with van der Waals surface area (Å²) in [5.41, 5.74) is 11.0. The number of nitrogens with two attached hydrogens (primary N) is 2. The summed E-state index contributed by atoms with van der Waals surface area (Å²) in [6.07, 6.45) is 2.90. The average molecular weight is 264 g/mol. The van der Waals surface area contributed by atoms with Gasteiger partial charge < -0.3 is 21.5 Å². The van der Waals surface area contributed by atoms with Crippen molar-refractivity contribution in [1.82, 2.24) is 4.98 Å². The zero-order valence-corrected chi connectivity index (χ0v) is 10.4. The van der Waals surface area contributed by atoms with E-state index >= 15 is 0 Å². The molecule has 102 valence electrons. The lowest BCUT2D eigenvalue weighted by Crippen LogP contribution is -2.41. The van der Waals surface area contributed by atoms with Crippen LogP contribution in [0.2, 0.25) is 0 Å². The van der Waals surface area contributed by atoms with E-state index in [9.17, 15) is 9.59 Å². The lowest BCUT2D eigenvalue weighted by molar-refractivity contribution is -0.122. The fourth-order valence-electron chi connectivity index (χ4n) is 2.23. The van der Waals surface area contributed by atoms with E-state index in [4.69, 9.17) is 16.6 Å². The molecule has 1 aromatic rings. The van der Waals surface area contributed by atoms with Crippen LogP contribution in [0.15, 0.2) is 12.3 Å². The van der Waals surface area contributed by atoms with Crippen LogP contribution in [0.4, 0.5) is 11.5 Å². The molecular weight excluding hydrogens is 248 g/mol. The van der Waals surface area contributed by atoms with Gasteiger partial charge in [0.1, 0.15) is 5.82 Å². The average Bonchev–Trinajstić information content (AvgIpc) is 2.39. The molecule has 0 radical (unpaired) electrons. The van der Waals surface area contributed by atoms with Gasteiger partial charge in [-0.05, 0) is 18.9 Å². The molecule has 1 unspecified atom stereocenters. The Morgan fingerprint density at radius 3 is 2.84 bits per heavy atom. The second-order valence-electron chi connectivity index (χ2n) is 4.62. The van der Waals surface area contributed by atoms with Crippen molar-refractivity contribution in [2.24, 2.45) is 11.7 Å². The van der Waals surface area contributed by atoms with Crippen LogP contribution < -0.4 is 16.4 Å². The maximum atomic E-state index is 11.2. The fraction of sp³-hybridized carbons (Fsp3) is 0.417. The molecule has 2 rings (SSSR count). The lowest BCUT2D eigenvalue weighted by Gasteiger charge is -2.32. The summed E-state index contributed by atoms with van der Waals surface area (Å²) >= 11 is 0. The van der Waals surface area contributed by atoms with Gasteiger partial charge in [0.15, 0.2) is 0 Å². The van der Waals surface area contributed by atoms with Gasteiger partial charge in [0.05, 0.1) is 23.4 Å². The first-order valence-electron chi connectivity index (χ1n) is 6.02. The van der Waals surface area contributed by atoms with E-state index in [1.807, 2.05) is 4.90 Å². The highest BCUT2D eigenvalue weighted by Crippen LogP contribution is 2.24. The van der Waals surface area contributed by atoms with Crippen LogP contribution in [0, 0.1) is 5.92 Å². The molecule has 1 saturated heterocycles. The minimum atomic E-state index is -1.09. The molecular formula is C12H16N4O3. The van der Waals surface area contributed by atoms with Gasteiger partial charge in [-0.15, -0.1) is 0 Å². The van der Waals surface area contributed by atoms with Crippen molar-refractivity contribution in [3.05, 3.63) is 17.8 Å². The molecule has 0 aliphatic carbocycles. The molecule has 1 atom stereocenters. The number of carbonyl (C=O) groups excluding carboxylic acids is 1. The highest BCUT2D eigenvalue weighted by atomic mass is 16.4. The number of piperidine rings is 1. The summed E-state index contributed by atoms with van der Waals surface area (Å²) in [6.45, 7) is 1.19. The van der Waals surface area contributed by atoms with E-state index in [1.54, 1.807) is 0 Å². The van der Waals surface area contributed by atoms with Crippen LogP contribution in [0.5, 0.6) is 0 Å². The highest BCUT2D eigenvalue weighted by Gasteiger charge is 2.25. The summed E-state index contributed by atoms with van der Waals surface area (Å²) in [7, 11) is 0. The summed E-state index contributed by atoms with van der Waals surface area (Å²) in [5, 5.41) is 9.03. The van der Waals surface area contributed by atoms with Crippen molar-refractivity contribution in [3.63, 3.8) is 0 Å².